The van der Waals surface area contributed by atoms with Crippen molar-refractivity contribution < 1.29 is 28.9 Å². The lowest BCUT2D eigenvalue weighted by Gasteiger charge is -2.13. The number of ether oxygens (including phenoxy) is 3. The van der Waals surface area contributed by atoms with E-state index in [-0.39, 0.29) is 17.1 Å². The molecule has 0 spiro atoms. The molecule has 0 amide bonds. The number of rotatable bonds is 6. The molecule has 126 valence electrons. The zero-order valence-corrected chi connectivity index (χ0v) is 13.6. The first-order chi connectivity index (χ1) is 11.5. The minimum absolute atomic E-state index is 0.0369. The van der Waals surface area contributed by atoms with Gasteiger partial charge in [-0.05, 0) is 43.3 Å². The second kappa shape index (κ2) is 7.50. The Bertz CT molecular complexity index is 736. The molecule has 0 bridgehead atoms. The summed E-state index contributed by atoms with van der Waals surface area (Å²) in [7, 11) is 2.98. The summed E-state index contributed by atoms with van der Waals surface area (Å²) >= 11 is 0. The summed E-state index contributed by atoms with van der Waals surface area (Å²) in [5, 5.41) is 9.84. The quantitative estimate of drug-likeness (QED) is 0.648. The summed E-state index contributed by atoms with van der Waals surface area (Å²) in [6, 6.07) is 10.7. The minimum Gasteiger partial charge on any atom is -0.507 e. The van der Waals surface area contributed by atoms with E-state index in [4.69, 9.17) is 14.2 Å². The van der Waals surface area contributed by atoms with Gasteiger partial charge in [-0.25, -0.2) is 4.79 Å². The SMILES string of the molecule is COc1ccc(C(=O)[C@@H](C)OC(=O)c2ccc(OC)cc2O)cc1. The van der Waals surface area contributed by atoms with E-state index < -0.39 is 12.1 Å². The van der Waals surface area contributed by atoms with Crippen molar-refractivity contribution in [3.05, 3.63) is 53.6 Å². The van der Waals surface area contributed by atoms with Crippen LogP contribution in [0.15, 0.2) is 42.5 Å². The van der Waals surface area contributed by atoms with Crippen LogP contribution in [0, 0.1) is 0 Å². The maximum absolute atomic E-state index is 12.3. The molecule has 6 nitrogen and oxygen atoms in total. The van der Waals surface area contributed by atoms with E-state index in [1.165, 1.54) is 39.3 Å². The first kappa shape index (κ1) is 17.3. The van der Waals surface area contributed by atoms with Crippen molar-refractivity contribution in [3.63, 3.8) is 0 Å². The van der Waals surface area contributed by atoms with Crippen LogP contribution in [0.3, 0.4) is 0 Å². The van der Waals surface area contributed by atoms with Gasteiger partial charge in [0.1, 0.15) is 22.8 Å². The van der Waals surface area contributed by atoms with Crippen LogP contribution in [0.1, 0.15) is 27.6 Å². The first-order valence-corrected chi connectivity index (χ1v) is 7.22. The molecule has 2 aromatic rings. The van der Waals surface area contributed by atoms with Crippen LogP contribution in [0.5, 0.6) is 17.2 Å². The van der Waals surface area contributed by atoms with Crippen molar-refractivity contribution in [2.24, 2.45) is 0 Å². The lowest BCUT2D eigenvalue weighted by atomic mass is 10.1. The summed E-state index contributed by atoms with van der Waals surface area (Å²) in [5.41, 5.74) is 0.361. The number of hydrogen-bond donors (Lipinski definition) is 1. The van der Waals surface area contributed by atoms with Gasteiger partial charge in [0, 0.05) is 11.6 Å². The van der Waals surface area contributed by atoms with E-state index in [1.807, 2.05) is 0 Å². The molecule has 0 heterocycles. The minimum atomic E-state index is -0.993. The average molecular weight is 330 g/mol. The molecule has 0 fully saturated rings. The highest BCUT2D eigenvalue weighted by atomic mass is 16.5. The van der Waals surface area contributed by atoms with Crippen LogP contribution in [0.4, 0.5) is 0 Å². The standard InChI is InChI=1S/C18H18O6/c1-11(17(20)12-4-6-13(22-2)7-5-12)24-18(21)15-9-8-14(23-3)10-16(15)19/h4-11,19H,1-3H3/t11-/m1/s1. The van der Waals surface area contributed by atoms with Gasteiger partial charge >= 0.3 is 5.97 Å². The van der Waals surface area contributed by atoms with Crippen molar-refractivity contribution in [1.29, 1.82) is 0 Å². The summed E-state index contributed by atoms with van der Waals surface area (Å²) < 4.78 is 15.1. The molecule has 0 aromatic heterocycles. The van der Waals surface area contributed by atoms with Crippen molar-refractivity contribution in [3.8, 4) is 17.2 Å². The van der Waals surface area contributed by atoms with E-state index >= 15 is 0 Å². The van der Waals surface area contributed by atoms with Gasteiger partial charge in [0.05, 0.1) is 14.2 Å². The monoisotopic (exact) mass is 330 g/mol. The third kappa shape index (κ3) is 3.84. The van der Waals surface area contributed by atoms with E-state index in [9.17, 15) is 14.7 Å². The molecule has 1 atom stereocenters. The number of benzene rings is 2. The fourth-order valence-corrected chi connectivity index (χ4v) is 2.08. The highest BCUT2D eigenvalue weighted by Crippen LogP contribution is 2.24. The van der Waals surface area contributed by atoms with E-state index in [0.717, 1.165) is 0 Å². The fraction of sp³-hybridized carbons (Fsp3) is 0.222. The van der Waals surface area contributed by atoms with E-state index in [1.54, 1.807) is 24.3 Å². The molecule has 1 N–H and O–H groups in total. The average Bonchev–Trinajstić information content (AvgIpc) is 2.60. The Morgan fingerprint density at radius 3 is 2.08 bits per heavy atom. The number of phenols is 1. The molecule has 0 saturated heterocycles. The van der Waals surface area contributed by atoms with Crippen LogP contribution in [0.2, 0.25) is 0 Å². The Kier molecular flexibility index (Phi) is 5.42. The number of esters is 1. The number of phenolic OH excluding ortho intramolecular Hbond substituents is 1. The predicted octanol–water partition coefficient (Wildman–Crippen LogP) is 2.84. The molecule has 0 aliphatic carbocycles. The van der Waals surface area contributed by atoms with Gasteiger partial charge in [-0.3, -0.25) is 4.79 Å². The molecule has 0 radical (unpaired) electrons. The zero-order chi connectivity index (χ0) is 17.7. The fourth-order valence-electron chi connectivity index (χ4n) is 2.08. The number of hydrogen-bond acceptors (Lipinski definition) is 6. The van der Waals surface area contributed by atoms with Crippen molar-refractivity contribution in [2.45, 2.75) is 13.0 Å². The number of aromatic hydroxyl groups is 1. The maximum Gasteiger partial charge on any atom is 0.342 e. The Hall–Kier alpha value is -3.02. The highest BCUT2D eigenvalue weighted by molar-refractivity contribution is 6.02. The van der Waals surface area contributed by atoms with Crippen LogP contribution >= 0.6 is 0 Å². The van der Waals surface area contributed by atoms with Crippen LogP contribution in [-0.4, -0.2) is 37.2 Å². The first-order valence-electron chi connectivity index (χ1n) is 7.22. The van der Waals surface area contributed by atoms with Gasteiger partial charge in [0.2, 0.25) is 5.78 Å². The topological polar surface area (TPSA) is 82.1 Å². The Balaban J connectivity index is 2.08. The third-order valence-electron chi connectivity index (χ3n) is 3.45. The number of methoxy groups -OCH3 is 2. The molecule has 24 heavy (non-hydrogen) atoms. The van der Waals surface area contributed by atoms with Gasteiger partial charge < -0.3 is 19.3 Å². The predicted molar refractivity (Wildman–Crippen MR) is 86.9 cm³/mol. The zero-order valence-electron chi connectivity index (χ0n) is 13.6. The summed E-state index contributed by atoms with van der Waals surface area (Å²) in [6.07, 6.45) is -0.993. The Morgan fingerprint density at radius 1 is 0.958 bits per heavy atom. The molecule has 0 unspecified atom stereocenters. The second-order valence-corrected chi connectivity index (χ2v) is 5.02. The molecule has 2 rings (SSSR count). The molecule has 6 heteroatoms. The van der Waals surface area contributed by atoms with Gasteiger partial charge in [-0.15, -0.1) is 0 Å². The van der Waals surface area contributed by atoms with Crippen LogP contribution < -0.4 is 9.47 Å². The highest BCUT2D eigenvalue weighted by Gasteiger charge is 2.22. The van der Waals surface area contributed by atoms with Crippen molar-refractivity contribution in [2.75, 3.05) is 14.2 Å². The molecular formula is C18H18O6. The Labute approximate surface area is 139 Å². The van der Waals surface area contributed by atoms with Gasteiger partial charge in [-0.2, -0.15) is 0 Å². The molecular weight excluding hydrogens is 312 g/mol. The molecule has 0 saturated carbocycles. The van der Waals surface area contributed by atoms with Gasteiger partial charge in [-0.1, -0.05) is 0 Å². The lowest BCUT2D eigenvalue weighted by Crippen LogP contribution is -2.24. The smallest absolute Gasteiger partial charge is 0.342 e. The summed E-state index contributed by atoms with van der Waals surface area (Å²) in [4.78, 5) is 24.4. The number of ketones is 1. The van der Waals surface area contributed by atoms with Crippen LogP contribution in [-0.2, 0) is 4.74 Å². The molecule has 0 aliphatic rings. The van der Waals surface area contributed by atoms with E-state index in [0.29, 0.717) is 17.1 Å². The lowest BCUT2D eigenvalue weighted by molar-refractivity contribution is 0.0316. The summed E-state index contributed by atoms with van der Waals surface area (Å²) in [6.45, 7) is 1.48. The largest absolute Gasteiger partial charge is 0.507 e. The van der Waals surface area contributed by atoms with Crippen molar-refractivity contribution >= 4 is 11.8 Å². The Morgan fingerprint density at radius 2 is 1.54 bits per heavy atom. The molecule has 0 aliphatic heterocycles. The molecule has 2 aromatic carbocycles. The third-order valence-corrected chi connectivity index (χ3v) is 3.45. The number of carbonyl (C=O) groups excluding carboxylic acids is 2. The number of Topliss-reactive ketones (excluding diaryl/α,β-unsaturated/α-hetero) is 1. The maximum atomic E-state index is 12.3. The summed E-state index contributed by atoms with van der Waals surface area (Å²) in [5.74, 6) is -0.377. The van der Waals surface area contributed by atoms with E-state index in [2.05, 4.69) is 0 Å². The van der Waals surface area contributed by atoms with Crippen LogP contribution in [0.25, 0.3) is 0 Å². The van der Waals surface area contributed by atoms with Gasteiger partial charge in [0.15, 0.2) is 6.10 Å². The number of carbonyl (C=O) groups is 2. The normalized spacial score (nSPS) is 11.5. The van der Waals surface area contributed by atoms with Gasteiger partial charge in [0.25, 0.3) is 0 Å². The van der Waals surface area contributed by atoms with Crippen molar-refractivity contribution in [1.82, 2.24) is 0 Å². The second-order valence-electron chi connectivity index (χ2n) is 5.02.